The van der Waals surface area contributed by atoms with Crippen LogP contribution in [0.15, 0.2) is 12.4 Å². The van der Waals surface area contributed by atoms with Gasteiger partial charge in [0.15, 0.2) is 11.5 Å². The first-order valence-corrected chi connectivity index (χ1v) is 5.43. The summed E-state index contributed by atoms with van der Waals surface area (Å²) in [5, 5.41) is 13.0. The lowest BCUT2D eigenvalue weighted by Crippen LogP contribution is -2.43. The van der Waals surface area contributed by atoms with Gasteiger partial charge < -0.3 is 4.74 Å². The van der Waals surface area contributed by atoms with E-state index in [4.69, 9.17) is 16.6 Å². The molecule has 6 heteroatoms. The number of rotatable bonds is 4. The third-order valence-electron chi connectivity index (χ3n) is 2.80. The summed E-state index contributed by atoms with van der Waals surface area (Å²) in [6.45, 7) is 10.5. The average molecular weight is 246 g/mol. The summed E-state index contributed by atoms with van der Waals surface area (Å²) in [4.78, 5) is 15.3. The maximum atomic E-state index is 12.1. The molecule has 2 unspecified atom stereocenters. The van der Waals surface area contributed by atoms with Gasteiger partial charge in [-0.05, 0) is 13.8 Å². The highest BCUT2D eigenvalue weighted by Gasteiger charge is 2.50. The number of aryl methyl sites for hydroxylation is 1. The van der Waals surface area contributed by atoms with Crippen molar-refractivity contribution in [3.05, 3.63) is 29.4 Å². The minimum absolute atomic E-state index is 0.199. The zero-order chi connectivity index (χ0) is 13.8. The van der Waals surface area contributed by atoms with Crippen molar-refractivity contribution in [1.29, 1.82) is 5.26 Å². The summed E-state index contributed by atoms with van der Waals surface area (Å²) in [6.07, 6.45) is 3.10. The van der Waals surface area contributed by atoms with Crippen molar-refractivity contribution < 1.29 is 9.53 Å². The van der Waals surface area contributed by atoms with Gasteiger partial charge in [-0.15, -0.1) is 0 Å². The van der Waals surface area contributed by atoms with Crippen LogP contribution < -0.4 is 0 Å². The Labute approximate surface area is 106 Å². The zero-order valence-electron chi connectivity index (χ0n) is 10.5. The van der Waals surface area contributed by atoms with Crippen LogP contribution in [0.1, 0.15) is 19.4 Å². The van der Waals surface area contributed by atoms with Crippen molar-refractivity contribution in [3.8, 4) is 6.07 Å². The zero-order valence-corrected chi connectivity index (χ0v) is 10.5. The molecule has 18 heavy (non-hydrogen) atoms. The fourth-order valence-corrected chi connectivity index (χ4v) is 1.64. The Morgan fingerprint density at radius 3 is 2.89 bits per heavy atom. The number of nitrogens with zero attached hydrogens (tertiary/aromatic N) is 4. The smallest absolute Gasteiger partial charge is 0.327 e. The summed E-state index contributed by atoms with van der Waals surface area (Å²) < 4.78 is 6.50. The molecular formula is C12H14N4O2. The normalized spacial score (nSPS) is 14.9. The topological polar surface area (TPSA) is 72.3 Å². The molecule has 0 bridgehead atoms. The summed E-state index contributed by atoms with van der Waals surface area (Å²) in [5.74, 6) is -0.583. The molecule has 6 nitrogen and oxygen atoms in total. The molecule has 0 spiro atoms. The number of hydrogen-bond donors (Lipinski definition) is 0. The van der Waals surface area contributed by atoms with E-state index in [2.05, 4.69) is 9.94 Å². The molecule has 0 aliphatic carbocycles. The summed E-state index contributed by atoms with van der Waals surface area (Å²) >= 11 is 0. The van der Waals surface area contributed by atoms with Gasteiger partial charge in [0.05, 0.1) is 12.8 Å². The molecule has 1 aromatic rings. The van der Waals surface area contributed by atoms with E-state index in [9.17, 15) is 4.79 Å². The van der Waals surface area contributed by atoms with Crippen LogP contribution >= 0.6 is 0 Å². The van der Waals surface area contributed by atoms with Gasteiger partial charge in [0.25, 0.3) is 0 Å². The third-order valence-corrected chi connectivity index (χ3v) is 2.80. The van der Waals surface area contributed by atoms with Crippen molar-refractivity contribution in [3.63, 3.8) is 0 Å². The average Bonchev–Trinajstić information content (AvgIpc) is 2.77. The van der Waals surface area contributed by atoms with Gasteiger partial charge in [0.2, 0.25) is 0 Å². The van der Waals surface area contributed by atoms with Gasteiger partial charge in [0.1, 0.15) is 0 Å². The number of carbonyl (C=O) groups excluding carboxylic acids is 1. The lowest BCUT2D eigenvalue weighted by molar-refractivity contribution is -0.149. The van der Waals surface area contributed by atoms with Crippen molar-refractivity contribution in [2.24, 2.45) is 7.05 Å². The highest BCUT2D eigenvalue weighted by Crippen LogP contribution is 2.31. The Morgan fingerprint density at radius 1 is 1.83 bits per heavy atom. The number of aromatic nitrogens is 2. The maximum absolute atomic E-state index is 12.1. The monoisotopic (exact) mass is 246 g/mol. The first-order chi connectivity index (χ1) is 8.50. The van der Waals surface area contributed by atoms with Gasteiger partial charge in [-0.2, -0.15) is 10.4 Å². The Balaban J connectivity index is 3.31. The minimum atomic E-state index is -1.32. The second-order valence-corrected chi connectivity index (χ2v) is 3.99. The Kier molecular flexibility index (Phi) is 4.06. The van der Waals surface area contributed by atoms with Gasteiger partial charge in [0, 0.05) is 18.8 Å². The van der Waals surface area contributed by atoms with E-state index in [1.807, 2.05) is 6.07 Å². The summed E-state index contributed by atoms with van der Waals surface area (Å²) in [6, 6.07) is 0.709. The van der Waals surface area contributed by atoms with Crippen molar-refractivity contribution in [2.45, 2.75) is 25.3 Å². The van der Waals surface area contributed by atoms with Crippen molar-refractivity contribution >= 4 is 5.97 Å². The summed E-state index contributed by atoms with van der Waals surface area (Å²) in [5.41, 5.74) is -0.813. The molecule has 0 N–H and O–H groups in total. The van der Waals surface area contributed by atoms with E-state index in [0.717, 1.165) is 0 Å². The number of carbonyl (C=O) groups is 1. The number of hydrogen-bond acceptors (Lipinski definition) is 4. The molecule has 1 rings (SSSR count). The van der Waals surface area contributed by atoms with E-state index >= 15 is 0 Å². The maximum Gasteiger partial charge on any atom is 0.327 e. The fourth-order valence-electron chi connectivity index (χ4n) is 1.64. The van der Waals surface area contributed by atoms with Crippen LogP contribution in [0, 0.1) is 17.9 Å². The molecule has 0 fully saturated rings. The quantitative estimate of drug-likeness (QED) is 0.588. The van der Waals surface area contributed by atoms with Crippen LogP contribution in [0.3, 0.4) is 0 Å². The van der Waals surface area contributed by atoms with Gasteiger partial charge in [-0.3, -0.25) is 14.3 Å². The molecule has 0 aliphatic rings. The molecule has 0 radical (unpaired) electrons. The summed E-state index contributed by atoms with van der Waals surface area (Å²) in [7, 11) is 1.70. The number of esters is 1. The molecule has 94 valence electrons. The van der Waals surface area contributed by atoms with Crippen molar-refractivity contribution in [1.82, 2.24) is 9.78 Å². The van der Waals surface area contributed by atoms with E-state index in [1.165, 1.54) is 17.8 Å². The molecule has 1 aromatic heterocycles. The van der Waals surface area contributed by atoms with E-state index in [-0.39, 0.29) is 6.61 Å². The van der Waals surface area contributed by atoms with Crippen LogP contribution in [0.4, 0.5) is 0 Å². The molecule has 2 atom stereocenters. The van der Waals surface area contributed by atoms with Crippen LogP contribution in [-0.4, -0.2) is 28.4 Å². The second-order valence-electron chi connectivity index (χ2n) is 3.99. The second kappa shape index (κ2) is 5.33. The molecule has 0 amide bonds. The predicted molar refractivity (Wildman–Crippen MR) is 63.2 cm³/mol. The third kappa shape index (κ3) is 2.18. The first-order valence-electron chi connectivity index (χ1n) is 5.43. The van der Waals surface area contributed by atoms with E-state index in [0.29, 0.717) is 5.56 Å². The highest BCUT2D eigenvalue weighted by molar-refractivity contribution is 5.84. The van der Waals surface area contributed by atoms with Gasteiger partial charge in [-0.25, -0.2) is 6.57 Å². The highest BCUT2D eigenvalue weighted by atomic mass is 16.5. The van der Waals surface area contributed by atoms with Crippen LogP contribution in [0.25, 0.3) is 4.85 Å². The predicted octanol–water partition coefficient (Wildman–Crippen LogP) is 1.05. The lowest BCUT2D eigenvalue weighted by atomic mass is 9.78. The van der Waals surface area contributed by atoms with Crippen LogP contribution in [0.5, 0.6) is 0 Å². The van der Waals surface area contributed by atoms with Crippen molar-refractivity contribution in [2.75, 3.05) is 6.61 Å². The Hall–Kier alpha value is -2.34. The largest absolute Gasteiger partial charge is 0.465 e. The number of nitriles is 1. The molecule has 1 heterocycles. The first kappa shape index (κ1) is 13.7. The molecule has 0 saturated carbocycles. The Bertz CT molecular complexity index is 509. The molecule has 0 saturated heterocycles. The number of ether oxygens (including phenoxy) is 1. The lowest BCUT2D eigenvalue weighted by Gasteiger charge is -2.23. The fraction of sp³-hybridized carbons (Fsp3) is 0.500. The van der Waals surface area contributed by atoms with Gasteiger partial charge >= 0.3 is 12.0 Å². The van der Waals surface area contributed by atoms with Crippen LogP contribution in [0.2, 0.25) is 0 Å². The molecule has 0 aliphatic heterocycles. The van der Waals surface area contributed by atoms with Crippen LogP contribution in [-0.2, 0) is 22.0 Å². The SMILES string of the molecule is [C-]#[N+]C(C#N)C(C)(C(=O)OCC)c1cnn(C)c1. The molecular weight excluding hydrogens is 232 g/mol. The Morgan fingerprint density at radius 2 is 2.50 bits per heavy atom. The van der Waals surface area contributed by atoms with E-state index in [1.54, 1.807) is 20.2 Å². The molecule has 0 aromatic carbocycles. The minimum Gasteiger partial charge on any atom is -0.465 e. The van der Waals surface area contributed by atoms with Gasteiger partial charge in [-0.1, -0.05) is 0 Å². The standard InChI is InChI=1S/C12H14N4O2/c1-5-18-11(17)12(2,10(6-13)14-3)9-7-15-16(4)8-9/h7-8,10H,5H2,1-2,4H3. The van der Waals surface area contributed by atoms with E-state index < -0.39 is 17.4 Å².